The Morgan fingerprint density at radius 2 is 2.04 bits per heavy atom. The molecule has 0 aliphatic carbocycles. The van der Waals surface area contributed by atoms with Crippen molar-refractivity contribution >= 4 is 23.6 Å². The first-order chi connectivity index (χ1) is 11.4. The lowest BCUT2D eigenvalue weighted by Crippen LogP contribution is -2.45. The molecule has 2 heterocycles. The fourth-order valence-corrected chi connectivity index (χ4v) is 3.78. The average molecular weight is 352 g/mol. The fourth-order valence-electron chi connectivity index (χ4n) is 3.22. The highest BCUT2D eigenvalue weighted by Gasteiger charge is 2.35. The Morgan fingerprint density at radius 1 is 1.29 bits per heavy atom. The van der Waals surface area contributed by atoms with Crippen LogP contribution in [0.1, 0.15) is 25.7 Å². The van der Waals surface area contributed by atoms with Crippen molar-refractivity contribution in [2.45, 2.75) is 31.7 Å². The zero-order valence-electron chi connectivity index (χ0n) is 15.2. The highest BCUT2D eigenvalue weighted by molar-refractivity contribution is 8.03. The molecule has 0 aromatic carbocycles. The zero-order chi connectivity index (χ0) is 17.7. The number of rotatable bonds is 4. The van der Waals surface area contributed by atoms with E-state index in [0.29, 0.717) is 6.54 Å². The molecular formula is C18H29N3O2S. The van der Waals surface area contributed by atoms with Crippen molar-refractivity contribution in [3.8, 4) is 0 Å². The van der Waals surface area contributed by atoms with E-state index < -0.39 is 0 Å². The predicted molar refractivity (Wildman–Crippen MR) is 99.8 cm³/mol. The van der Waals surface area contributed by atoms with Gasteiger partial charge in [-0.2, -0.15) is 0 Å². The van der Waals surface area contributed by atoms with E-state index in [0.717, 1.165) is 43.7 Å². The van der Waals surface area contributed by atoms with Gasteiger partial charge in [-0.1, -0.05) is 6.08 Å². The number of allylic oxidation sites excluding steroid dienone is 1. The summed E-state index contributed by atoms with van der Waals surface area (Å²) >= 11 is 1.48. The van der Waals surface area contributed by atoms with Crippen molar-refractivity contribution in [1.82, 2.24) is 14.7 Å². The summed E-state index contributed by atoms with van der Waals surface area (Å²) < 4.78 is 0. The minimum atomic E-state index is -0.308. The Morgan fingerprint density at radius 3 is 2.71 bits per heavy atom. The number of carbonyl (C=O) groups is 2. The van der Waals surface area contributed by atoms with Crippen molar-refractivity contribution in [2.75, 3.05) is 47.0 Å². The molecule has 2 rings (SSSR count). The van der Waals surface area contributed by atoms with Crippen LogP contribution in [-0.2, 0) is 9.59 Å². The number of likely N-dealkylation sites (N-methyl/N-ethyl adjacent to an activating group) is 1. The molecule has 0 saturated carbocycles. The standard InChI is InChI=1S/C18H29N3O2S/c1-19(2)17(22)15-8-6-11-21(15)18(23)16(24-4)13-14-7-5-10-20(3)12-9-14/h7,13,15H,5-6,8-12H2,1-4H3/b16-13-/t15-/m0/s1. The van der Waals surface area contributed by atoms with E-state index >= 15 is 0 Å². The second-order valence-electron chi connectivity index (χ2n) is 6.72. The van der Waals surface area contributed by atoms with Gasteiger partial charge in [0.05, 0.1) is 4.91 Å². The van der Waals surface area contributed by atoms with Gasteiger partial charge in [0.15, 0.2) is 0 Å². The lowest BCUT2D eigenvalue weighted by molar-refractivity contribution is -0.140. The van der Waals surface area contributed by atoms with E-state index in [1.807, 2.05) is 12.3 Å². The van der Waals surface area contributed by atoms with E-state index in [1.165, 1.54) is 17.3 Å². The predicted octanol–water partition coefficient (Wildman–Crippen LogP) is 1.96. The van der Waals surface area contributed by atoms with Crippen LogP contribution < -0.4 is 0 Å². The van der Waals surface area contributed by atoms with Gasteiger partial charge >= 0.3 is 0 Å². The maximum absolute atomic E-state index is 13.0. The first-order valence-electron chi connectivity index (χ1n) is 8.59. The van der Waals surface area contributed by atoms with Crippen LogP contribution in [0, 0.1) is 0 Å². The van der Waals surface area contributed by atoms with Gasteiger partial charge in [-0.25, -0.2) is 0 Å². The van der Waals surface area contributed by atoms with Crippen molar-refractivity contribution in [1.29, 1.82) is 0 Å². The van der Waals surface area contributed by atoms with E-state index in [1.54, 1.807) is 23.9 Å². The Kier molecular flexibility index (Phi) is 6.92. The lowest BCUT2D eigenvalue weighted by Gasteiger charge is -2.26. The molecule has 0 bridgehead atoms. The Bertz CT molecular complexity index is 542. The summed E-state index contributed by atoms with van der Waals surface area (Å²) in [5, 5.41) is 0. The van der Waals surface area contributed by atoms with E-state index in [9.17, 15) is 9.59 Å². The highest BCUT2D eigenvalue weighted by atomic mass is 32.2. The second-order valence-corrected chi connectivity index (χ2v) is 7.57. The van der Waals surface area contributed by atoms with E-state index in [4.69, 9.17) is 0 Å². The molecule has 2 aliphatic heterocycles. The molecule has 2 aliphatic rings. The molecule has 0 spiro atoms. The molecule has 1 saturated heterocycles. The summed E-state index contributed by atoms with van der Waals surface area (Å²) in [7, 11) is 5.63. The second kappa shape index (κ2) is 8.72. The summed E-state index contributed by atoms with van der Waals surface area (Å²) in [5.41, 5.74) is 1.23. The van der Waals surface area contributed by atoms with Crippen LogP contribution in [0.5, 0.6) is 0 Å². The average Bonchev–Trinajstić information content (AvgIpc) is 2.95. The van der Waals surface area contributed by atoms with Crippen LogP contribution in [0.2, 0.25) is 0 Å². The number of hydrogen-bond donors (Lipinski definition) is 0. The van der Waals surface area contributed by atoms with Gasteiger partial charge < -0.3 is 14.7 Å². The van der Waals surface area contributed by atoms with E-state index in [2.05, 4.69) is 18.0 Å². The number of likely N-dealkylation sites (tertiary alicyclic amines) is 1. The smallest absolute Gasteiger partial charge is 0.260 e. The molecular weight excluding hydrogens is 322 g/mol. The largest absolute Gasteiger partial charge is 0.347 e. The number of hydrogen-bond acceptors (Lipinski definition) is 4. The molecule has 24 heavy (non-hydrogen) atoms. The normalized spacial score (nSPS) is 23.0. The van der Waals surface area contributed by atoms with Gasteiger partial charge in [-0.05, 0) is 50.6 Å². The van der Waals surface area contributed by atoms with Gasteiger partial charge in [-0.15, -0.1) is 11.8 Å². The lowest BCUT2D eigenvalue weighted by atomic mass is 10.1. The minimum Gasteiger partial charge on any atom is -0.347 e. The number of carbonyl (C=O) groups excluding carboxylic acids is 2. The van der Waals surface area contributed by atoms with Crippen LogP contribution >= 0.6 is 11.8 Å². The van der Waals surface area contributed by atoms with Crippen molar-refractivity contribution in [2.24, 2.45) is 0 Å². The Hall–Kier alpha value is -1.27. The summed E-state index contributed by atoms with van der Waals surface area (Å²) in [6.07, 6.45) is 9.84. The minimum absolute atomic E-state index is 0.00120. The molecule has 1 atom stereocenters. The third-order valence-electron chi connectivity index (χ3n) is 4.69. The van der Waals surface area contributed by atoms with Gasteiger partial charge in [0, 0.05) is 33.7 Å². The summed E-state index contributed by atoms with van der Waals surface area (Å²) in [4.78, 5) is 31.7. The Balaban J connectivity index is 2.14. The number of thioether (sulfide) groups is 1. The fraction of sp³-hybridized carbons (Fsp3) is 0.667. The number of amides is 2. The van der Waals surface area contributed by atoms with Crippen molar-refractivity contribution < 1.29 is 9.59 Å². The third-order valence-corrected chi connectivity index (χ3v) is 5.42. The highest BCUT2D eigenvalue weighted by Crippen LogP contribution is 2.26. The Labute approximate surface area is 149 Å². The van der Waals surface area contributed by atoms with Crippen LogP contribution in [0.4, 0.5) is 0 Å². The van der Waals surface area contributed by atoms with Crippen molar-refractivity contribution in [3.05, 3.63) is 22.6 Å². The topological polar surface area (TPSA) is 43.9 Å². The molecule has 0 aromatic heterocycles. The molecule has 0 unspecified atom stereocenters. The van der Waals surface area contributed by atoms with Crippen LogP contribution in [0.25, 0.3) is 0 Å². The molecule has 5 nitrogen and oxygen atoms in total. The molecule has 134 valence electrons. The van der Waals surface area contributed by atoms with E-state index in [-0.39, 0.29) is 17.9 Å². The molecule has 2 amide bonds. The van der Waals surface area contributed by atoms with Gasteiger partial charge in [-0.3, -0.25) is 9.59 Å². The van der Waals surface area contributed by atoms with Crippen LogP contribution in [-0.4, -0.2) is 79.6 Å². The summed E-state index contributed by atoms with van der Waals surface area (Å²) in [6, 6.07) is -0.308. The summed E-state index contributed by atoms with van der Waals surface area (Å²) in [6.45, 7) is 2.75. The van der Waals surface area contributed by atoms with Crippen LogP contribution in [0.3, 0.4) is 0 Å². The maximum atomic E-state index is 13.0. The third kappa shape index (κ3) is 4.63. The maximum Gasteiger partial charge on any atom is 0.260 e. The first kappa shape index (κ1) is 19.1. The molecule has 0 N–H and O–H groups in total. The monoisotopic (exact) mass is 351 g/mol. The van der Waals surface area contributed by atoms with Crippen molar-refractivity contribution in [3.63, 3.8) is 0 Å². The molecule has 1 fully saturated rings. The first-order valence-corrected chi connectivity index (χ1v) is 9.82. The zero-order valence-corrected chi connectivity index (χ0v) is 16.1. The summed E-state index contributed by atoms with van der Waals surface area (Å²) in [5.74, 6) is 0.0234. The SMILES string of the molecule is CS/C(=C\C1=CCCN(C)CC1)C(=O)N1CCC[C@H]1C(=O)N(C)C. The van der Waals surface area contributed by atoms with Crippen LogP contribution in [0.15, 0.2) is 22.6 Å². The molecule has 6 heteroatoms. The van der Waals surface area contributed by atoms with Gasteiger partial charge in [0.1, 0.15) is 6.04 Å². The number of nitrogens with zero attached hydrogens (tertiary/aromatic N) is 3. The molecule has 0 aromatic rings. The van der Waals surface area contributed by atoms with Gasteiger partial charge in [0.2, 0.25) is 5.91 Å². The molecule has 0 radical (unpaired) electrons. The quantitative estimate of drug-likeness (QED) is 0.727. The van der Waals surface area contributed by atoms with Gasteiger partial charge in [0.25, 0.3) is 5.91 Å².